The fraction of sp³-hybridized carbons (Fsp3) is 0.259. The molecule has 204 valence electrons. The van der Waals surface area contributed by atoms with E-state index >= 15 is 0 Å². The second-order valence-electron chi connectivity index (χ2n) is 9.31. The van der Waals surface area contributed by atoms with Crippen molar-refractivity contribution in [2.45, 2.75) is 37.4 Å². The van der Waals surface area contributed by atoms with Gasteiger partial charge in [0.15, 0.2) is 0 Å². The van der Waals surface area contributed by atoms with Gasteiger partial charge in [0.2, 0.25) is 11.8 Å². The van der Waals surface area contributed by atoms with E-state index in [1.807, 2.05) is 60.7 Å². The summed E-state index contributed by atoms with van der Waals surface area (Å²) in [5, 5.41) is 15.7. The Kier molecular flexibility index (Phi) is 8.69. The van der Waals surface area contributed by atoms with Crippen molar-refractivity contribution in [2.75, 3.05) is 6.54 Å². The molecule has 0 radical (unpaired) electrons. The van der Waals surface area contributed by atoms with Gasteiger partial charge >= 0.3 is 0 Å². The Balaban J connectivity index is 1.59. The third-order valence-electron chi connectivity index (χ3n) is 6.61. The molecule has 2 atom stereocenters. The van der Waals surface area contributed by atoms with Gasteiger partial charge in [0.25, 0.3) is 10.2 Å². The SMILES string of the molecule is N=C(N)c1ccc(CNC(=O)[C@@H]2CCCN2C(=O)[C@H](NS(N)(=O)=O)C(c2ccccc2)c2ccccc2)cn1. The number of carbonyl (C=O) groups is 2. The normalized spacial score (nSPS) is 16.2. The molecule has 1 aromatic heterocycles. The van der Waals surface area contributed by atoms with Crippen LogP contribution in [0, 0.1) is 5.41 Å². The lowest BCUT2D eigenvalue weighted by Gasteiger charge is -2.33. The maximum atomic E-state index is 14.0. The van der Waals surface area contributed by atoms with E-state index < -0.39 is 34.1 Å². The summed E-state index contributed by atoms with van der Waals surface area (Å²) in [5.41, 5.74) is 7.91. The minimum atomic E-state index is -4.28. The Morgan fingerprint density at radius 2 is 1.64 bits per heavy atom. The first kappa shape index (κ1) is 27.9. The fourth-order valence-electron chi connectivity index (χ4n) is 4.81. The molecule has 4 rings (SSSR count). The van der Waals surface area contributed by atoms with Gasteiger partial charge in [0.05, 0.1) is 0 Å². The van der Waals surface area contributed by atoms with Gasteiger partial charge in [-0.2, -0.15) is 13.1 Å². The molecule has 1 aliphatic heterocycles. The second kappa shape index (κ2) is 12.2. The van der Waals surface area contributed by atoms with E-state index in [1.54, 1.807) is 12.1 Å². The number of nitrogens with two attached hydrogens (primary N) is 2. The minimum Gasteiger partial charge on any atom is -0.382 e. The van der Waals surface area contributed by atoms with Crippen LogP contribution in [-0.2, 0) is 26.3 Å². The largest absolute Gasteiger partial charge is 0.382 e. The smallest absolute Gasteiger partial charge is 0.275 e. The number of nitrogens with zero attached hydrogens (tertiary/aromatic N) is 2. The number of nitrogens with one attached hydrogen (secondary N) is 3. The van der Waals surface area contributed by atoms with Crippen molar-refractivity contribution < 1.29 is 18.0 Å². The Labute approximate surface area is 227 Å². The first-order valence-electron chi connectivity index (χ1n) is 12.4. The molecule has 0 unspecified atom stereocenters. The van der Waals surface area contributed by atoms with Gasteiger partial charge < -0.3 is 16.0 Å². The molecule has 12 heteroatoms. The maximum Gasteiger partial charge on any atom is 0.275 e. The highest BCUT2D eigenvalue weighted by Gasteiger charge is 2.41. The van der Waals surface area contributed by atoms with Crippen LogP contribution in [0.1, 0.15) is 41.1 Å². The quantitative estimate of drug-likeness (QED) is 0.185. The van der Waals surface area contributed by atoms with Gasteiger partial charge in [-0.3, -0.25) is 20.0 Å². The van der Waals surface area contributed by atoms with Crippen LogP contribution in [0.4, 0.5) is 0 Å². The third kappa shape index (κ3) is 7.05. The number of carbonyl (C=O) groups excluding carboxylic acids is 2. The van der Waals surface area contributed by atoms with E-state index in [0.29, 0.717) is 30.6 Å². The summed E-state index contributed by atoms with van der Waals surface area (Å²) in [7, 11) is -4.28. The van der Waals surface area contributed by atoms with Crippen molar-refractivity contribution in [1.82, 2.24) is 19.9 Å². The van der Waals surface area contributed by atoms with Crippen LogP contribution < -0.4 is 20.9 Å². The highest BCUT2D eigenvalue weighted by atomic mass is 32.2. The van der Waals surface area contributed by atoms with E-state index in [0.717, 1.165) is 11.1 Å². The summed E-state index contributed by atoms with van der Waals surface area (Å²) in [6.45, 7) is 0.461. The Hall–Kier alpha value is -4.13. The number of benzene rings is 2. The molecule has 11 nitrogen and oxygen atoms in total. The number of hydrogen-bond acceptors (Lipinski definition) is 6. The summed E-state index contributed by atoms with van der Waals surface area (Å²) in [5.74, 6) is -1.74. The lowest BCUT2D eigenvalue weighted by atomic mass is 9.84. The van der Waals surface area contributed by atoms with Gasteiger partial charge in [-0.25, -0.2) is 5.14 Å². The van der Waals surface area contributed by atoms with Crippen LogP contribution in [0.2, 0.25) is 0 Å². The lowest BCUT2D eigenvalue weighted by molar-refractivity contribution is -0.140. The minimum absolute atomic E-state index is 0.155. The number of rotatable bonds is 10. The average molecular weight is 550 g/mol. The van der Waals surface area contributed by atoms with E-state index in [-0.39, 0.29) is 18.3 Å². The monoisotopic (exact) mass is 549 g/mol. The number of likely N-dealkylation sites (tertiary alicyclic amines) is 1. The molecule has 7 N–H and O–H groups in total. The van der Waals surface area contributed by atoms with Crippen molar-refractivity contribution in [1.29, 1.82) is 5.41 Å². The third-order valence-corrected chi connectivity index (χ3v) is 7.20. The Bertz CT molecular complexity index is 1380. The summed E-state index contributed by atoms with van der Waals surface area (Å²) >= 11 is 0. The van der Waals surface area contributed by atoms with Crippen LogP contribution in [0.5, 0.6) is 0 Å². The average Bonchev–Trinajstić information content (AvgIpc) is 3.42. The van der Waals surface area contributed by atoms with Crippen molar-refractivity contribution in [2.24, 2.45) is 10.9 Å². The number of pyridine rings is 1. The molecular weight excluding hydrogens is 518 g/mol. The van der Waals surface area contributed by atoms with E-state index in [9.17, 15) is 18.0 Å². The Morgan fingerprint density at radius 1 is 1.03 bits per heavy atom. The molecule has 1 aliphatic rings. The second-order valence-corrected chi connectivity index (χ2v) is 10.6. The van der Waals surface area contributed by atoms with Crippen LogP contribution in [0.3, 0.4) is 0 Å². The molecule has 39 heavy (non-hydrogen) atoms. The zero-order chi connectivity index (χ0) is 28.0. The van der Waals surface area contributed by atoms with Crippen LogP contribution in [0.15, 0.2) is 79.0 Å². The van der Waals surface area contributed by atoms with Gasteiger partial charge in [0, 0.05) is 25.2 Å². The summed E-state index contributed by atoms with van der Waals surface area (Å²) in [6.07, 6.45) is 2.54. The fourth-order valence-corrected chi connectivity index (χ4v) is 5.40. The Morgan fingerprint density at radius 3 is 2.15 bits per heavy atom. The predicted octanol–water partition coefficient (Wildman–Crippen LogP) is 0.967. The number of nitrogen functional groups attached to an aromatic ring is 1. The van der Waals surface area contributed by atoms with Crippen LogP contribution in [-0.4, -0.2) is 54.6 Å². The first-order chi connectivity index (χ1) is 18.6. The topological polar surface area (TPSA) is 184 Å². The van der Waals surface area contributed by atoms with Gasteiger partial charge in [0.1, 0.15) is 23.6 Å². The molecule has 2 aromatic carbocycles. The maximum absolute atomic E-state index is 14.0. The van der Waals surface area contributed by atoms with Gasteiger partial charge in [-0.15, -0.1) is 0 Å². The zero-order valence-electron chi connectivity index (χ0n) is 21.2. The van der Waals surface area contributed by atoms with Crippen LogP contribution >= 0.6 is 0 Å². The molecule has 1 saturated heterocycles. The molecule has 0 saturated carbocycles. The molecule has 1 fully saturated rings. The van der Waals surface area contributed by atoms with Crippen molar-refractivity contribution >= 4 is 27.9 Å². The standard InChI is InChI=1S/C27H31N7O4S/c28-25(29)21-14-13-18(16-31-21)17-32-26(35)22-12-7-15-34(22)27(36)24(33-39(30,37)38)23(19-8-3-1-4-9-19)20-10-5-2-6-11-20/h1-6,8-11,13-14,16,22-24,33H,7,12,15,17H2,(H3,28,29)(H,32,35)(H2,30,37,38)/t22-,24+/m0/s1. The molecular formula is C27H31N7O4S. The molecule has 2 amide bonds. The van der Waals surface area contributed by atoms with Crippen LogP contribution in [0.25, 0.3) is 0 Å². The predicted molar refractivity (Wildman–Crippen MR) is 147 cm³/mol. The lowest BCUT2D eigenvalue weighted by Crippen LogP contribution is -2.56. The molecule has 0 aliphatic carbocycles. The highest BCUT2D eigenvalue weighted by molar-refractivity contribution is 7.87. The van der Waals surface area contributed by atoms with Gasteiger partial charge in [-0.1, -0.05) is 66.7 Å². The summed E-state index contributed by atoms with van der Waals surface area (Å²) in [6, 6.07) is 19.4. The molecule has 2 heterocycles. The van der Waals surface area contributed by atoms with Crippen molar-refractivity contribution in [3.05, 3.63) is 101 Å². The van der Waals surface area contributed by atoms with Gasteiger partial charge in [-0.05, 0) is 35.6 Å². The molecule has 0 bridgehead atoms. The summed E-state index contributed by atoms with van der Waals surface area (Å²) in [4.78, 5) is 32.7. The number of hydrogen-bond donors (Lipinski definition) is 5. The van der Waals surface area contributed by atoms with E-state index in [1.165, 1.54) is 11.1 Å². The highest BCUT2D eigenvalue weighted by Crippen LogP contribution is 2.31. The van der Waals surface area contributed by atoms with E-state index in [2.05, 4.69) is 15.0 Å². The van der Waals surface area contributed by atoms with E-state index in [4.69, 9.17) is 16.3 Å². The first-order valence-corrected chi connectivity index (χ1v) is 14.0. The number of aromatic nitrogens is 1. The number of amides is 2. The zero-order valence-corrected chi connectivity index (χ0v) is 22.0. The summed E-state index contributed by atoms with van der Waals surface area (Å²) < 4.78 is 26.9. The number of amidine groups is 1. The molecule has 0 spiro atoms. The van der Waals surface area contributed by atoms with Crippen molar-refractivity contribution in [3.8, 4) is 0 Å². The van der Waals surface area contributed by atoms with Crippen molar-refractivity contribution in [3.63, 3.8) is 0 Å². The molecule has 3 aromatic rings.